The Morgan fingerprint density at radius 3 is 2.80 bits per heavy atom. The Hall–Kier alpha value is -3.36. The zero-order valence-corrected chi connectivity index (χ0v) is 24.9. The fraction of sp³-hybridized carbons (Fsp3) is 0.593. The molecule has 2 heterocycles. The zero-order chi connectivity index (χ0) is 30.2. The van der Waals surface area contributed by atoms with E-state index in [9.17, 15) is 23.3 Å². The third-order valence-corrected chi connectivity index (χ3v) is 8.26. The maximum absolute atomic E-state index is 13.9. The summed E-state index contributed by atoms with van der Waals surface area (Å²) in [5.74, 6) is -0.685. The quantitative estimate of drug-likeness (QED) is 0.110. The van der Waals surface area contributed by atoms with Gasteiger partial charge in [-0.15, -0.1) is 0 Å². The molecule has 0 spiro atoms. The number of carbonyl (C=O) groups is 1. The van der Waals surface area contributed by atoms with Gasteiger partial charge in [0.1, 0.15) is 16.0 Å². The number of sulfonamides is 1. The first-order valence-corrected chi connectivity index (χ1v) is 15.3. The van der Waals surface area contributed by atoms with Crippen molar-refractivity contribution in [2.75, 3.05) is 19.7 Å². The third-order valence-electron chi connectivity index (χ3n) is 6.76. The number of likely N-dealkylation sites (tertiary alicyclic amines) is 1. The van der Waals surface area contributed by atoms with E-state index in [0.29, 0.717) is 36.9 Å². The average Bonchev–Trinajstić information content (AvgIpc) is 2.88. The molecule has 1 aliphatic rings. The number of nitrogens with one attached hydrogen (secondary N) is 2. The van der Waals surface area contributed by atoms with Gasteiger partial charge in [0.25, 0.3) is 5.96 Å². The molecule has 2 aromatic rings. The second kappa shape index (κ2) is 14.0. The predicted octanol–water partition coefficient (Wildman–Crippen LogP) is 2.65. The molecule has 4 N–H and O–H groups in total. The normalized spacial score (nSPS) is 17.4. The topological polar surface area (TPSA) is 182 Å². The number of fused-ring (bicyclic) bond motifs is 1. The Morgan fingerprint density at radius 2 is 2.10 bits per heavy atom. The fourth-order valence-electron chi connectivity index (χ4n) is 4.88. The number of benzene rings is 1. The van der Waals surface area contributed by atoms with Crippen molar-refractivity contribution in [1.82, 2.24) is 19.9 Å². The number of ether oxygens (including phenoxy) is 1. The Kier molecular flexibility index (Phi) is 11.0. The molecular formula is C27H41N7O6S. The first kappa shape index (κ1) is 32.2. The van der Waals surface area contributed by atoms with Crippen LogP contribution in [0, 0.1) is 17.0 Å². The Balaban J connectivity index is 1.84. The summed E-state index contributed by atoms with van der Waals surface area (Å²) in [5, 5.41) is 15.9. The number of nitro groups is 1. The first-order valence-electron chi connectivity index (χ1n) is 13.8. The van der Waals surface area contributed by atoms with Gasteiger partial charge in [0, 0.05) is 37.3 Å². The molecule has 2 atom stereocenters. The smallest absolute Gasteiger partial charge is 0.266 e. The lowest BCUT2D eigenvalue weighted by molar-refractivity contribution is -0.485. The summed E-state index contributed by atoms with van der Waals surface area (Å²) in [6, 6.07) is 5.61. The van der Waals surface area contributed by atoms with Crippen molar-refractivity contribution in [3.8, 4) is 0 Å². The van der Waals surface area contributed by atoms with E-state index in [1.807, 2.05) is 33.8 Å². The second-order valence-corrected chi connectivity index (χ2v) is 12.9. The number of guanidine groups is 1. The molecule has 226 valence electrons. The lowest BCUT2D eigenvalue weighted by atomic mass is 9.97. The minimum atomic E-state index is -4.15. The highest BCUT2D eigenvalue weighted by atomic mass is 32.2. The van der Waals surface area contributed by atoms with E-state index < -0.39 is 21.1 Å². The van der Waals surface area contributed by atoms with Crippen LogP contribution in [0.2, 0.25) is 0 Å². The number of pyridine rings is 1. The van der Waals surface area contributed by atoms with Crippen LogP contribution in [0.4, 0.5) is 0 Å². The molecule has 0 saturated carbocycles. The average molecular weight is 592 g/mol. The van der Waals surface area contributed by atoms with E-state index in [2.05, 4.69) is 20.1 Å². The number of nitrogens with two attached hydrogens (primary N) is 1. The molecule has 1 saturated heterocycles. The summed E-state index contributed by atoms with van der Waals surface area (Å²) in [6.45, 7) is 8.96. The third kappa shape index (κ3) is 9.61. The Labute approximate surface area is 241 Å². The molecule has 14 heteroatoms. The summed E-state index contributed by atoms with van der Waals surface area (Å²) in [5.41, 5.74) is 6.40. The van der Waals surface area contributed by atoms with Crippen LogP contribution in [0.1, 0.15) is 64.9 Å². The summed E-state index contributed by atoms with van der Waals surface area (Å²) >= 11 is 0. The number of rotatable bonds is 12. The molecule has 41 heavy (non-hydrogen) atoms. The number of carbonyl (C=O) groups excluding carboxylic acids is 1. The van der Waals surface area contributed by atoms with Crippen molar-refractivity contribution in [2.45, 2.75) is 88.8 Å². The highest BCUT2D eigenvalue weighted by Gasteiger charge is 2.34. The van der Waals surface area contributed by atoms with E-state index in [-0.39, 0.29) is 41.4 Å². The van der Waals surface area contributed by atoms with Gasteiger partial charge < -0.3 is 20.7 Å². The van der Waals surface area contributed by atoms with Crippen LogP contribution >= 0.6 is 0 Å². The summed E-state index contributed by atoms with van der Waals surface area (Å²) < 4.78 is 35.9. The molecule has 0 aliphatic carbocycles. The maximum atomic E-state index is 13.9. The fourth-order valence-corrected chi connectivity index (χ4v) is 6.28. The van der Waals surface area contributed by atoms with Gasteiger partial charge >= 0.3 is 0 Å². The first-order chi connectivity index (χ1) is 19.3. The molecule has 1 amide bonds. The molecule has 3 rings (SSSR count). The highest BCUT2D eigenvalue weighted by molar-refractivity contribution is 7.89. The predicted molar refractivity (Wildman–Crippen MR) is 156 cm³/mol. The molecule has 1 aromatic heterocycles. The van der Waals surface area contributed by atoms with E-state index >= 15 is 0 Å². The number of amides is 1. The van der Waals surface area contributed by atoms with Gasteiger partial charge in [0.2, 0.25) is 15.9 Å². The van der Waals surface area contributed by atoms with E-state index in [1.54, 1.807) is 23.2 Å². The Morgan fingerprint density at radius 1 is 1.34 bits per heavy atom. The minimum Gasteiger partial charge on any atom is -0.376 e. The van der Waals surface area contributed by atoms with Crippen LogP contribution < -0.4 is 15.8 Å². The number of nitrogens with zero attached hydrogens (tertiary/aromatic N) is 4. The molecule has 13 nitrogen and oxygen atoms in total. The van der Waals surface area contributed by atoms with E-state index in [0.717, 1.165) is 24.8 Å². The number of hydrogen-bond donors (Lipinski definition) is 3. The molecule has 1 aromatic carbocycles. The zero-order valence-electron chi connectivity index (χ0n) is 24.1. The summed E-state index contributed by atoms with van der Waals surface area (Å²) in [4.78, 5) is 30.6. The van der Waals surface area contributed by atoms with Crippen LogP contribution in [0.25, 0.3) is 10.9 Å². The van der Waals surface area contributed by atoms with Crippen molar-refractivity contribution in [3.05, 3.63) is 46.1 Å². The van der Waals surface area contributed by atoms with E-state index in [4.69, 9.17) is 10.5 Å². The largest absolute Gasteiger partial charge is 0.376 e. The number of aromatic nitrogens is 1. The van der Waals surface area contributed by atoms with Crippen molar-refractivity contribution in [1.29, 1.82) is 0 Å². The lowest BCUT2D eigenvalue weighted by Crippen LogP contribution is -2.53. The van der Waals surface area contributed by atoms with Crippen molar-refractivity contribution < 1.29 is 23.0 Å². The molecule has 0 radical (unpaired) electrons. The van der Waals surface area contributed by atoms with Crippen LogP contribution in [0.5, 0.6) is 0 Å². The molecule has 0 unspecified atom stereocenters. The van der Waals surface area contributed by atoms with Gasteiger partial charge in [-0.25, -0.2) is 18.5 Å². The van der Waals surface area contributed by atoms with Crippen molar-refractivity contribution >= 4 is 32.8 Å². The van der Waals surface area contributed by atoms with Crippen molar-refractivity contribution in [2.24, 2.45) is 10.8 Å². The van der Waals surface area contributed by atoms with Gasteiger partial charge in [-0.1, -0.05) is 12.1 Å². The van der Waals surface area contributed by atoms with Crippen LogP contribution in [-0.4, -0.2) is 72.6 Å². The number of piperidine rings is 1. The monoisotopic (exact) mass is 591 g/mol. The maximum Gasteiger partial charge on any atom is 0.266 e. The SMILES string of the molecule is Cc1cnc2c(S(=O)(=O)N[C@@H](CCCN/C(N)=N/[N+](=O)[O-])C(=O)N3CCCC[C@H]3CCOC(C)(C)C)cccc2c1. The number of hydrogen-bond acceptors (Lipinski definition) is 7. The standard InChI is InChI=1S/C27H41N7O6S/c1-19-17-20-9-7-12-23(24(20)30-18-19)41(38,39)32-22(11-8-14-29-26(28)31-34(36)37)25(35)33-15-6-5-10-21(33)13-16-40-27(2,3)4/h7,9,12,17-18,21-22,32H,5-6,8,10-11,13-16H2,1-4H3,(H3,28,29,31)/t21-,22-/m0/s1. The number of aryl methyl sites for hydroxylation is 1. The van der Waals surface area contributed by atoms with Gasteiger partial charge in [0.05, 0.1) is 11.1 Å². The van der Waals surface area contributed by atoms with Gasteiger partial charge in [-0.3, -0.25) is 9.78 Å². The van der Waals surface area contributed by atoms with Crippen molar-refractivity contribution in [3.63, 3.8) is 0 Å². The van der Waals surface area contributed by atoms with Crippen LogP contribution in [-0.2, 0) is 19.6 Å². The molecule has 1 fully saturated rings. The summed E-state index contributed by atoms with van der Waals surface area (Å²) in [7, 11) is -4.15. The summed E-state index contributed by atoms with van der Waals surface area (Å²) in [6.07, 6.45) is 5.28. The number of para-hydroxylation sites is 1. The van der Waals surface area contributed by atoms with Crippen LogP contribution in [0.3, 0.4) is 0 Å². The van der Waals surface area contributed by atoms with E-state index in [1.165, 1.54) is 6.07 Å². The van der Waals surface area contributed by atoms with Gasteiger partial charge in [-0.05, 0) is 83.9 Å². The molecule has 0 bridgehead atoms. The second-order valence-electron chi connectivity index (χ2n) is 11.2. The van der Waals surface area contributed by atoms with Crippen LogP contribution in [0.15, 0.2) is 40.5 Å². The minimum absolute atomic E-state index is 0.0120. The molecule has 1 aliphatic heterocycles. The lowest BCUT2D eigenvalue weighted by Gasteiger charge is -2.38. The Bertz CT molecular complexity index is 1360. The highest BCUT2D eigenvalue weighted by Crippen LogP contribution is 2.25. The molecular weight excluding hydrogens is 550 g/mol. The van der Waals surface area contributed by atoms with Gasteiger partial charge in [0.15, 0.2) is 5.03 Å². The number of hydrazone groups is 1. The van der Waals surface area contributed by atoms with Gasteiger partial charge in [-0.2, -0.15) is 4.72 Å².